The fourth-order valence-corrected chi connectivity index (χ4v) is 3.95. The van der Waals surface area contributed by atoms with Crippen molar-refractivity contribution in [2.24, 2.45) is 5.92 Å². The Balaban J connectivity index is 1.46. The van der Waals surface area contributed by atoms with Crippen molar-refractivity contribution in [3.63, 3.8) is 0 Å². The molecule has 3 rings (SSSR count). The molecule has 2 heteroatoms. The summed E-state index contributed by atoms with van der Waals surface area (Å²) in [5.74, 6) is 1.06. The van der Waals surface area contributed by atoms with Crippen molar-refractivity contribution >= 4 is 0 Å². The molecule has 0 bridgehead atoms. The van der Waals surface area contributed by atoms with E-state index in [-0.39, 0.29) is 0 Å². The molecule has 19 heavy (non-hydrogen) atoms. The van der Waals surface area contributed by atoms with Gasteiger partial charge in [-0.2, -0.15) is 0 Å². The first-order valence-corrected chi connectivity index (χ1v) is 8.88. The van der Waals surface area contributed by atoms with Gasteiger partial charge in [0, 0.05) is 25.7 Å². The number of rotatable bonds is 6. The van der Waals surface area contributed by atoms with Crippen molar-refractivity contribution in [1.29, 1.82) is 0 Å². The van der Waals surface area contributed by atoms with E-state index in [1.165, 1.54) is 96.9 Å². The normalized spacial score (nSPS) is 27.0. The third kappa shape index (κ3) is 4.46. The summed E-state index contributed by atoms with van der Waals surface area (Å²) in [6.07, 6.45) is 14.8. The zero-order valence-corrected chi connectivity index (χ0v) is 12.7. The van der Waals surface area contributed by atoms with Gasteiger partial charge in [0.2, 0.25) is 0 Å². The van der Waals surface area contributed by atoms with E-state index in [1.54, 1.807) is 0 Å². The van der Waals surface area contributed by atoms with E-state index in [4.69, 9.17) is 0 Å². The number of piperidine rings is 1. The molecule has 0 unspecified atom stereocenters. The van der Waals surface area contributed by atoms with Crippen LogP contribution >= 0.6 is 0 Å². The Morgan fingerprint density at radius 2 is 1.47 bits per heavy atom. The van der Waals surface area contributed by atoms with Crippen molar-refractivity contribution in [3.05, 3.63) is 0 Å². The molecule has 0 radical (unpaired) electrons. The molecule has 3 fully saturated rings. The van der Waals surface area contributed by atoms with Gasteiger partial charge in [0.15, 0.2) is 0 Å². The molecule has 0 N–H and O–H groups in total. The molecule has 1 aliphatic heterocycles. The van der Waals surface area contributed by atoms with Crippen LogP contribution in [0.2, 0.25) is 0 Å². The fraction of sp³-hybridized carbons (Fsp3) is 1.00. The monoisotopic (exact) mass is 264 g/mol. The highest BCUT2D eigenvalue weighted by molar-refractivity contribution is 4.83. The van der Waals surface area contributed by atoms with E-state index >= 15 is 0 Å². The van der Waals surface area contributed by atoms with Crippen molar-refractivity contribution in [1.82, 2.24) is 9.80 Å². The van der Waals surface area contributed by atoms with E-state index < -0.39 is 0 Å². The Labute approximate surface area is 119 Å². The number of nitrogens with zero attached hydrogens (tertiary/aromatic N) is 2. The lowest BCUT2D eigenvalue weighted by atomic mass is 9.94. The SMILES string of the molecule is C1CCC(N(CCN2CCCCC2)CC2CC2)CC1. The Hall–Kier alpha value is -0.0800. The molecule has 3 aliphatic rings. The van der Waals surface area contributed by atoms with Gasteiger partial charge in [0.1, 0.15) is 0 Å². The van der Waals surface area contributed by atoms with Gasteiger partial charge >= 0.3 is 0 Å². The smallest absolute Gasteiger partial charge is 0.0112 e. The average molecular weight is 264 g/mol. The van der Waals surface area contributed by atoms with Gasteiger partial charge in [-0.25, -0.2) is 0 Å². The number of hydrogen-bond acceptors (Lipinski definition) is 2. The van der Waals surface area contributed by atoms with Crippen LogP contribution in [-0.2, 0) is 0 Å². The molecule has 0 aromatic carbocycles. The molecule has 0 aromatic heterocycles. The predicted octanol–water partition coefficient (Wildman–Crippen LogP) is 3.52. The van der Waals surface area contributed by atoms with Gasteiger partial charge in [-0.1, -0.05) is 25.7 Å². The van der Waals surface area contributed by atoms with E-state index in [0.717, 1.165) is 12.0 Å². The zero-order chi connectivity index (χ0) is 12.9. The molecular weight excluding hydrogens is 232 g/mol. The summed E-state index contributed by atoms with van der Waals surface area (Å²) in [5.41, 5.74) is 0. The maximum Gasteiger partial charge on any atom is 0.0112 e. The van der Waals surface area contributed by atoms with Gasteiger partial charge < -0.3 is 4.90 Å². The quantitative estimate of drug-likeness (QED) is 0.724. The summed E-state index contributed by atoms with van der Waals surface area (Å²) in [7, 11) is 0. The highest BCUT2D eigenvalue weighted by Gasteiger charge is 2.29. The summed E-state index contributed by atoms with van der Waals surface area (Å²) >= 11 is 0. The second-order valence-electron chi connectivity index (χ2n) is 7.13. The Morgan fingerprint density at radius 1 is 0.789 bits per heavy atom. The highest BCUT2D eigenvalue weighted by atomic mass is 15.2. The first-order chi connectivity index (χ1) is 9.42. The third-order valence-corrected chi connectivity index (χ3v) is 5.43. The summed E-state index contributed by atoms with van der Waals surface area (Å²) in [5, 5.41) is 0. The molecule has 0 amide bonds. The van der Waals surface area contributed by atoms with Crippen LogP contribution in [0, 0.1) is 5.92 Å². The molecule has 110 valence electrons. The van der Waals surface area contributed by atoms with E-state index in [9.17, 15) is 0 Å². The summed E-state index contributed by atoms with van der Waals surface area (Å²) in [4.78, 5) is 5.59. The fourth-order valence-electron chi connectivity index (χ4n) is 3.95. The Morgan fingerprint density at radius 3 is 2.16 bits per heavy atom. The molecule has 1 saturated heterocycles. The van der Waals surface area contributed by atoms with Crippen LogP contribution in [0.4, 0.5) is 0 Å². The molecule has 1 heterocycles. The van der Waals surface area contributed by atoms with E-state index in [2.05, 4.69) is 9.80 Å². The number of likely N-dealkylation sites (tertiary alicyclic amines) is 1. The van der Waals surface area contributed by atoms with Crippen molar-refractivity contribution in [3.8, 4) is 0 Å². The summed E-state index contributed by atoms with van der Waals surface area (Å²) in [6, 6.07) is 0.930. The molecule has 2 aliphatic carbocycles. The van der Waals surface area contributed by atoms with Gasteiger partial charge in [0.05, 0.1) is 0 Å². The van der Waals surface area contributed by atoms with E-state index in [1.807, 2.05) is 0 Å². The largest absolute Gasteiger partial charge is 0.302 e. The summed E-state index contributed by atoms with van der Waals surface area (Å²) in [6.45, 7) is 6.83. The average Bonchev–Trinajstić information content (AvgIpc) is 3.29. The second kappa shape index (κ2) is 7.08. The lowest BCUT2D eigenvalue weighted by Gasteiger charge is -2.36. The second-order valence-corrected chi connectivity index (χ2v) is 7.13. The zero-order valence-electron chi connectivity index (χ0n) is 12.7. The topological polar surface area (TPSA) is 6.48 Å². The molecule has 2 nitrogen and oxygen atoms in total. The van der Waals surface area contributed by atoms with Crippen LogP contribution in [0.5, 0.6) is 0 Å². The Kier molecular flexibility index (Phi) is 5.17. The Bertz CT molecular complexity index is 250. The predicted molar refractivity (Wildman–Crippen MR) is 81.5 cm³/mol. The van der Waals surface area contributed by atoms with Crippen LogP contribution in [0.15, 0.2) is 0 Å². The van der Waals surface area contributed by atoms with Crippen LogP contribution in [0.3, 0.4) is 0 Å². The minimum atomic E-state index is 0.930. The van der Waals surface area contributed by atoms with Gasteiger partial charge in [-0.05, 0) is 57.5 Å². The summed E-state index contributed by atoms with van der Waals surface area (Å²) < 4.78 is 0. The standard InChI is InChI=1S/C17H32N2/c1-3-7-17(8-4-1)19(15-16-9-10-16)14-13-18-11-5-2-6-12-18/h16-17H,1-15H2. The van der Waals surface area contributed by atoms with Crippen LogP contribution in [0.1, 0.15) is 64.2 Å². The van der Waals surface area contributed by atoms with Gasteiger partial charge in [-0.3, -0.25) is 4.90 Å². The minimum absolute atomic E-state index is 0.930. The van der Waals surface area contributed by atoms with Crippen molar-refractivity contribution in [2.45, 2.75) is 70.3 Å². The maximum absolute atomic E-state index is 2.88. The molecule has 2 saturated carbocycles. The molecule has 0 aromatic rings. The highest BCUT2D eigenvalue weighted by Crippen LogP contribution is 2.32. The van der Waals surface area contributed by atoms with Gasteiger partial charge in [0.25, 0.3) is 0 Å². The van der Waals surface area contributed by atoms with Gasteiger partial charge in [-0.15, -0.1) is 0 Å². The molecule has 0 atom stereocenters. The van der Waals surface area contributed by atoms with Crippen LogP contribution in [-0.4, -0.2) is 48.6 Å². The number of hydrogen-bond donors (Lipinski definition) is 0. The van der Waals surface area contributed by atoms with Crippen molar-refractivity contribution in [2.75, 3.05) is 32.7 Å². The first kappa shape index (κ1) is 13.9. The lowest BCUT2D eigenvalue weighted by molar-refractivity contribution is 0.120. The third-order valence-electron chi connectivity index (χ3n) is 5.43. The van der Waals surface area contributed by atoms with Crippen LogP contribution < -0.4 is 0 Å². The van der Waals surface area contributed by atoms with E-state index in [0.29, 0.717) is 0 Å². The molecule has 0 spiro atoms. The first-order valence-electron chi connectivity index (χ1n) is 8.88. The van der Waals surface area contributed by atoms with Crippen molar-refractivity contribution < 1.29 is 0 Å². The lowest BCUT2D eigenvalue weighted by Crippen LogP contribution is -2.44. The van der Waals surface area contributed by atoms with Crippen LogP contribution in [0.25, 0.3) is 0 Å². The minimum Gasteiger partial charge on any atom is -0.302 e. The maximum atomic E-state index is 2.88. The molecular formula is C17H32N2.